The predicted molar refractivity (Wildman–Crippen MR) is 119 cm³/mol. The highest BCUT2D eigenvalue weighted by Gasteiger charge is 2.38. The SMILES string of the molecule is CCOc1ccc(S(=O)(=O)N2CCC(O)(c3ccc(Br)cc3)CC2)c2cccnc12. The van der Waals surface area contributed by atoms with Crippen LogP contribution in [-0.2, 0) is 15.6 Å². The number of pyridine rings is 1. The van der Waals surface area contributed by atoms with E-state index in [1.807, 2.05) is 31.2 Å². The van der Waals surface area contributed by atoms with Gasteiger partial charge in [0.1, 0.15) is 11.3 Å². The van der Waals surface area contributed by atoms with Crippen molar-refractivity contribution < 1.29 is 18.3 Å². The zero-order valence-corrected chi connectivity index (χ0v) is 19.0. The topological polar surface area (TPSA) is 79.7 Å². The standard InChI is InChI=1S/C22H23BrN2O4S/c1-2-29-19-9-10-20(18-4-3-13-24-21(18)19)30(27,28)25-14-11-22(26,12-15-25)16-5-7-17(23)8-6-16/h3-10,13,26H,2,11-12,14-15H2,1H3. The van der Waals surface area contributed by atoms with Crippen LogP contribution in [0.25, 0.3) is 10.9 Å². The van der Waals surface area contributed by atoms with Crippen LogP contribution in [-0.4, -0.2) is 42.5 Å². The first kappa shape index (κ1) is 21.2. The molecule has 0 radical (unpaired) electrons. The third kappa shape index (κ3) is 3.85. The molecule has 0 unspecified atom stereocenters. The number of nitrogens with zero attached hydrogens (tertiary/aromatic N) is 2. The van der Waals surface area contributed by atoms with Crippen LogP contribution in [0.3, 0.4) is 0 Å². The van der Waals surface area contributed by atoms with Gasteiger partial charge in [-0.1, -0.05) is 28.1 Å². The van der Waals surface area contributed by atoms with E-state index in [4.69, 9.17) is 4.74 Å². The van der Waals surface area contributed by atoms with Crippen LogP contribution < -0.4 is 4.74 Å². The maximum absolute atomic E-state index is 13.4. The van der Waals surface area contributed by atoms with E-state index < -0.39 is 15.6 Å². The summed E-state index contributed by atoms with van der Waals surface area (Å²) in [4.78, 5) is 4.55. The molecular weight excluding hydrogens is 468 g/mol. The van der Waals surface area contributed by atoms with Crippen molar-refractivity contribution in [3.05, 3.63) is 64.8 Å². The molecule has 0 spiro atoms. The summed E-state index contributed by atoms with van der Waals surface area (Å²) in [5.74, 6) is 0.565. The highest BCUT2D eigenvalue weighted by molar-refractivity contribution is 9.10. The first-order valence-electron chi connectivity index (χ1n) is 9.84. The highest BCUT2D eigenvalue weighted by Crippen LogP contribution is 2.37. The van der Waals surface area contributed by atoms with Crippen molar-refractivity contribution in [3.8, 4) is 5.75 Å². The number of ether oxygens (including phenoxy) is 1. The lowest BCUT2D eigenvalue weighted by atomic mass is 9.85. The Morgan fingerprint density at radius 1 is 1.13 bits per heavy atom. The summed E-state index contributed by atoms with van der Waals surface area (Å²) in [5.41, 5.74) is 0.303. The second-order valence-corrected chi connectivity index (χ2v) is 10.2. The van der Waals surface area contributed by atoms with Crippen molar-refractivity contribution in [2.45, 2.75) is 30.3 Å². The summed E-state index contributed by atoms with van der Waals surface area (Å²) in [6.07, 6.45) is 2.29. The average Bonchev–Trinajstić information content (AvgIpc) is 2.75. The van der Waals surface area contributed by atoms with Crippen LogP contribution in [0.5, 0.6) is 5.75 Å². The lowest BCUT2D eigenvalue weighted by molar-refractivity contribution is -0.00961. The van der Waals surface area contributed by atoms with Gasteiger partial charge < -0.3 is 9.84 Å². The van der Waals surface area contributed by atoms with Gasteiger partial charge in [-0.15, -0.1) is 0 Å². The smallest absolute Gasteiger partial charge is 0.243 e. The molecule has 2 heterocycles. The Kier molecular flexibility index (Phi) is 5.85. The molecular formula is C22H23BrN2O4S. The van der Waals surface area contributed by atoms with E-state index in [0.29, 0.717) is 36.1 Å². The van der Waals surface area contributed by atoms with Crippen LogP contribution in [0.1, 0.15) is 25.3 Å². The Labute approximate surface area is 184 Å². The largest absolute Gasteiger partial charge is 0.492 e. The van der Waals surface area contributed by atoms with Crippen LogP contribution in [0.15, 0.2) is 64.1 Å². The number of aromatic nitrogens is 1. The minimum Gasteiger partial charge on any atom is -0.492 e. The third-order valence-electron chi connectivity index (χ3n) is 5.54. The van der Waals surface area contributed by atoms with Crippen molar-refractivity contribution in [2.24, 2.45) is 0 Å². The number of piperidine rings is 1. The summed E-state index contributed by atoms with van der Waals surface area (Å²) in [7, 11) is -3.74. The molecule has 158 valence electrons. The summed E-state index contributed by atoms with van der Waals surface area (Å²) < 4.78 is 34.9. The molecule has 1 N–H and O–H groups in total. The maximum atomic E-state index is 13.4. The molecule has 1 saturated heterocycles. The minimum absolute atomic E-state index is 0.211. The van der Waals surface area contributed by atoms with Crippen LogP contribution in [0.4, 0.5) is 0 Å². The lowest BCUT2D eigenvalue weighted by Crippen LogP contribution is -2.45. The molecule has 0 amide bonds. The van der Waals surface area contributed by atoms with E-state index in [1.54, 1.807) is 30.5 Å². The Morgan fingerprint density at radius 2 is 1.83 bits per heavy atom. The molecule has 0 atom stereocenters. The van der Waals surface area contributed by atoms with Gasteiger partial charge in [-0.05, 0) is 61.7 Å². The van der Waals surface area contributed by atoms with Crippen molar-refractivity contribution in [1.82, 2.24) is 9.29 Å². The zero-order valence-electron chi connectivity index (χ0n) is 16.6. The number of aliphatic hydroxyl groups is 1. The van der Waals surface area contributed by atoms with Gasteiger partial charge in [0.25, 0.3) is 0 Å². The van der Waals surface area contributed by atoms with Crippen molar-refractivity contribution >= 4 is 36.9 Å². The van der Waals surface area contributed by atoms with Crippen LogP contribution in [0, 0.1) is 0 Å². The van der Waals surface area contributed by atoms with Crippen molar-refractivity contribution in [3.63, 3.8) is 0 Å². The van der Waals surface area contributed by atoms with Gasteiger partial charge in [-0.2, -0.15) is 4.31 Å². The number of sulfonamides is 1. The molecule has 0 saturated carbocycles. The monoisotopic (exact) mass is 490 g/mol. The molecule has 4 rings (SSSR count). The minimum atomic E-state index is -3.74. The van der Waals surface area contributed by atoms with Gasteiger partial charge in [0.15, 0.2) is 0 Å². The van der Waals surface area contributed by atoms with E-state index in [2.05, 4.69) is 20.9 Å². The van der Waals surface area contributed by atoms with Crippen LogP contribution in [0.2, 0.25) is 0 Å². The van der Waals surface area contributed by atoms with Gasteiger partial charge in [-0.25, -0.2) is 8.42 Å². The second-order valence-electron chi connectivity index (χ2n) is 7.34. The molecule has 6 nitrogen and oxygen atoms in total. The van der Waals surface area contributed by atoms with Crippen molar-refractivity contribution in [2.75, 3.05) is 19.7 Å². The molecule has 8 heteroatoms. The van der Waals surface area contributed by atoms with Gasteiger partial charge in [0.2, 0.25) is 10.0 Å². The fourth-order valence-corrected chi connectivity index (χ4v) is 5.79. The number of fused-ring (bicyclic) bond motifs is 1. The number of hydrogen-bond acceptors (Lipinski definition) is 5. The summed E-state index contributed by atoms with van der Waals surface area (Å²) >= 11 is 3.40. The number of benzene rings is 2. The van der Waals surface area contributed by atoms with Crippen LogP contribution >= 0.6 is 15.9 Å². The normalized spacial score (nSPS) is 17.2. The molecule has 1 aromatic heterocycles. The summed E-state index contributed by atoms with van der Waals surface area (Å²) in [6.45, 7) is 2.83. The third-order valence-corrected chi connectivity index (χ3v) is 8.03. The summed E-state index contributed by atoms with van der Waals surface area (Å²) in [6, 6.07) is 14.2. The van der Waals surface area contributed by atoms with Gasteiger partial charge in [0.05, 0.1) is 17.1 Å². The summed E-state index contributed by atoms with van der Waals surface area (Å²) in [5, 5.41) is 11.6. The molecule has 1 aliphatic heterocycles. The molecule has 1 aliphatic rings. The Balaban J connectivity index is 1.63. The molecule has 0 bridgehead atoms. The fraction of sp³-hybridized carbons (Fsp3) is 0.318. The van der Waals surface area contributed by atoms with E-state index >= 15 is 0 Å². The van der Waals surface area contributed by atoms with Crippen molar-refractivity contribution in [1.29, 1.82) is 0 Å². The first-order valence-corrected chi connectivity index (χ1v) is 12.1. The quantitative estimate of drug-likeness (QED) is 0.582. The number of hydrogen-bond donors (Lipinski definition) is 1. The van der Waals surface area contributed by atoms with Gasteiger partial charge in [-0.3, -0.25) is 4.98 Å². The average molecular weight is 491 g/mol. The lowest BCUT2D eigenvalue weighted by Gasteiger charge is -2.38. The predicted octanol–water partition coefficient (Wildman–Crippen LogP) is 4.07. The van der Waals surface area contributed by atoms with Gasteiger partial charge in [0, 0.05) is 29.1 Å². The van der Waals surface area contributed by atoms with Gasteiger partial charge >= 0.3 is 0 Å². The molecule has 3 aromatic rings. The van der Waals surface area contributed by atoms with E-state index in [-0.39, 0.29) is 18.0 Å². The molecule has 30 heavy (non-hydrogen) atoms. The number of halogens is 1. The maximum Gasteiger partial charge on any atom is 0.243 e. The van der Waals surface area contributed by atoms with E-state index in [0.717, 1.165) is 10.0 Å². The molecule has 2 aromatic carbocycles. The Morgan fingerprint density at radius 3 is 2.50 bits per heavy atom. The zero-order chi connectivity index (χ0) is 21.4. The second kappa shape index (κ2) is 8.26. The fourth-order valence-electron chi connectivity index (χ4n) is 3.90. The first-order chi connectivity index (χ1) is 14.3. The number of rotatable bonds is 5. The van der Waals surface area contributed by atoms with E-state index in [9.17, 15) is 13.5 Å². The van der Waals surface area contributed by atoms with E-state index in [1.165, 1.54) is 4.31 Å². The Bertz CT molecular complexity index is 1160. The highest BCUT2D eigenvalue weighted by atomic mass is 79.9. The Hall–Kier alpha value is -2.00. The molecule has 1 fully saturated rings. The molecule has 0 aliphatic carbocycles.